The van der Waals surface area contributed by atoms with Crippen molar-refractivity contribution in [3.8, 4) is 0 Å². The Morgan fingerprint density at radius 1 is 1.29 bits per heavy atom. The molecule has 0 heterocycles. The summed E-state index contributed by atoms with van der Waals surface area (Å²) in [7, 11) is -4.86. The Balaban J connectivity index is 4.85. The Morgan fingerprint density at radius 3 is 1.93 bits per heavy atom. The molecule has 0 saturated carbocycles. The normalized spacial score (nSPS) is 15.9. The van der Waals surface area contributed by atoms with E-state index in [4.69, 9.17) is 20.0 Å². The Morgan fingerprint density at radius 2 is 1.71 bits per heavy atom. The molecule has 82 valence electrons. The number of aliphatic carboxylic acids is 2. The van der Waals surface area contributed by atoms with Crippen molar-refractivity contribution in [2.45, 2.75) is 24.9 Å². The molecule has 0 saturated heterocycles. The van der Waals surface area contributed by atoms with Gasteiger partial charge >= 0.3 is 19.5 Å². The number of hydrogen-bond acceptors (Lipinski definition) is 3. The SMILES string of the molecule is CC(CCC(=O)O)(C(=O)O)P(=O)(O)O. The van der Waals surface area contributed by atoms with E-state index < -0.39 is 37.5 Å². The van der Waals surface area contributed by atoms with Gasteiger partial charge in [-0.25, -0.2) is 0 Å². The molecule has 1 atom stereocenters. The molecule has 0 radical (unpaired) electrons. The smallest absolute Gasteiger partial charge is 0.342 e. The highest BCUT2D eigenvalue weighted by molar-refractivity contribution is 7.54. The van der Waals surface area contributed by atoms with Crippen LogP contribution in [0, 0.1) is 0 Å². The largest absolute Gasteiger partial charge is 0.481 e. The highest BCUT2D eigenvalue weighted by atomic mass is 31.2. The molecule has 0 fully saturated rings. The summed E-state index contributed by atoms with van der Waals surface area (Å²) < 4.78 is 10.8. The first kappa shape index (κ1) is 13.1. The Labute approximate surface area is 79.5 Å². The van der Waals surface area contributed by atoms with Gasteiger partial charge in [-0.3, -0.25) is 14.2 Å². The predicted molar refractivity (Wildman–Crippen MR) is 45.0 cm³/mol. The fourth-order valence-electron chi connectivity index (χ4n) is 0.728. The van der Waals surface area contributed by atoms with Crippen LogP contribution in [0.1, 0.15) is 19.8 Å². The molecule has 7 nitrogen and oxygen atoms in total. The minimum absolute atomic E-state index is 0.603. The average Bonchev–Trinajstić information content (AvgIpc) is 1.97. The lowest BCUT2D eigenvalue weighted by Gasteiger charge is -2.24. The molecule has 0 bridgehead atoms. The molecule has 14 heavy (non-hydrogen) atoms. The van der Waals surface area contributed by atoms with Crippen LogP contribution >= 0.6 is 7.60 Å². The Kier molecular flexibility index (Phi) is 3.81. The number of carboxylic acids is 2. The second kappa shape index (κ2) is 4.08. The molecule has 0 aromatic carbocycles. The average molecular weight is 226 g/mol. The van der Waals surface area contributed by atoms with Crippen molar-refractivity contribution >= 4 is 19.5 Å². The van der Waals surface area contributed by atoms with Gasteiger partial charge in [0, 0.05) is 6.42 Å². The molecule has 4 N–H and O–H groups in total. The topological polar surface area (TPSA) is 132 Å². The first-order valence-electron chi connectivity index (χ1n) is 3.62. The zero-order chi connectivity index (χ0) is 11.6. The molecular formula is C6H11O7P. The number of carboxylic acid groups (broad SMARTS) is 2. The van der Waals surface area contributed by atoms with Crippen molar-refractivity contribution in [3.63, 3.8) is 0 Å². The van der Waals surface area contributed by atoms with Gasteiger partial charge in [0.1, 0.15) is 0 Å². The van der Waals surface area contributed by atoms with E-state index in [-0.39, 0.29) is 0 Å². The molecule has 0 aromatic heterocycles. The molecule has 0 aliphatic rings. The molecule has 0 aromatic rings. The van der Waals surface area contributed by atoms with E-state index in [1.165, 1.54) is 0 Å². The summed E-state index contributed by atoms with van der Waals surface area (Å²) in [5, 5.41) is 14.5. The van der Waals surface area contributed by atoms with E-state index in [1.807, 2.05) is 0 Å². The van der Waals surface area contributed by atoms with Crippen molar-refractivity contribution in [1.82, 2.24) is 0 Å². The van der Waals surface area contributed by atoms with Gasteiger partial charge in [-0.2, -0.15) is 0 Å². The lowest BCUT2D eigenvalue weighted by Crippen LogP contribution is -2.35. The lowest BCUT2D eigenvalue weighted by atomic mass is 10.1. The summed E-state index contributed by atoms with van der Waals surface area (Å²) in [5.41, 5.74) is 0. The van der Waals surface area contributed by atoms with Crippen molar-refractivity contribution in [3.05, 3.63) is 0 Å². The summed E-state index contributed by atoms with van der Waals surface area (Å²) in [6.07, 6.45) is -1.21. The van der Waals surface area contributed by atoms with E-state index in [0.717, 1.165) is 6.92 Å². The van der Waals surface area contributed by atoms with Gasteiger partial charge in [0.15, 0.2) is 5.16 Å². The minimum Gasteiger partial charge on any atom is -0.481 e. The van der Waals surface area contributed by atoms with Gasteiger partial charge < -0.3 is 20.0 Å². The highest BCUT2D eigenvalue weighted by Gasteiger charge is 2.49. The van der Waals surface area contributed by atoms with Gasteiger partial charge in [0.2, 0.25) is 0 Å². The van der Waals surface area contributed by atoms with Crippen LogP contribution in [0.5, 0.6) is 0 Å². The molecule has 0 amide bonds. The Hall–Kier alpha value is -0.910. The van der Waals surface area contributed by atoms with E-state index in [0.29, 0.717) is 0 Å². The summed E-state index contributed by atoms with van der Waals surface area (Å²) in [6, 6.07) is 0. The molecule has 0 rings (SSSR count). The summed E-state index contributed by atoms with van der Waals surface area (Å²) in [4.78, 5) is 38.3. The first-order chi connectivity index (χ1) is 6.11. The number of hydrogen-bond donors (Lipinski definition) is 4. The van der Waals surface area contributed by atoms with Crippen molar-refractivity contribution in [2.75, 3.05) is 0 Å². The third kappa shape index (κ3) is 2.80. The van der Waals surface area contributed by atoms with Crippen LogP contribution in [0.3, 0.4) is 0 Å². The Bertz CT molecular complexity index is 293. The van der Waals surface area contributed by atoms with Crippen LogP contribution in [-0.4, -0.2) is 37.1 Å². The summed E-state index contributed by atoms with van der Waals surface area (Å²) in [6.45, 7) is 0.832. The predicted octanol–water partition coefficient (Wildman–Crippen LogP) is -0.128. The van der Waals surface area contributed by atoms with Crippen LogP contribution in [0.25, 0.3) is 0 Å². The van der Waals surface area contributed by atoms with E-state index in [1.54, 1.807) is 0 Å². The standard InChI is InChI=1S/C6H11O7P/c1-6(5(9)10,14(11,12)13)3-2-4(7)8/h2-3H2,1H3,(H,7,8)(H,9,10)(H2,11,12,13). The first-order valence-corrected chi connectivity index (χ1v) is 5.23. The van der Waals surface area contributed by atoms with Crippen molar-refractivity contribution in [2.24, 2.45) is 0 Å². The molecule has 0 aliphatic heterocycles. The molecular weight excluding hydrogens is 215 g/mol. The van der Waals surface area contributed by atoms with Gasteiger partial charge in [0.25, 0.3) is 0 Å². The van der Waals surface area contributed by atoms with Crippen LogP contribution < -0.4 is 0 Å². The molecule has 0 aliphatic carbocycles. The van der Waals surface area contributed by atoms with Crippen molar-refractivity contribution < 1.29 is 34.2 Å². The maximum absolute atomic E-state index is 10.8. The molecule has 0 spiro atoms. The quantitative estimate of drug-likeness (QED) is 0.480. The van der Waals surface area contributed by atoms with Crippen molar-refractivity contribution in [1.29, 1.82) is 0 Å². The monoisotopic (exact) mass is 226 g/mol. The van der Waals surface area contributed by atoms with Crippen LogP contribution in [-0.2, 0) is 14.2 Å². The van der Waals surface area contributed by atoms with E-state index >= 15 is 0 Å². The van der Waals surface area contributed by atoms with Gasteiger partial charge in [0.05, 0.1) is 0 Å². The van der Waals surface area contributed by atoms with E-state index in [2.05, 4.69) is 0 Å². The van der Waals surface area contributed by atoms with Crippen LogP contribution in [0.15, 0.2) is 0 Å². The minimum atomic E-state index is -4.86. The highest BCUT2D eigenvalue weighted by Crippen LogP contribution is 2.52. The number of carbonyl (C=O) groups is 2. The fraction of sp³-hybridized carbons (Fsp3) is 0.667. The third-order valence-corrected chi connectivity index (χ3v) is 3.63. The van der Waals surface area contributed by atoms with Gasteiger partial charge in [-0.15, -0.1) is 0 Å². The maximum Gasteiger partial charge on any atom is 0.342 e. The summed E-state index contributed by atoms with van der Waals surface area (Å²) in [5.74, 6) is -3.00. The maximum atomic E-state index is 10.8. The van der Waals surface area contributed by atoms with E-state index in [9.17, 15) is 14.2 Å². The van der Waals surface area contributed by atoms with Crippen LogP contribution in [0.2, 0.25) is 0 Å². The van der Waals surface area contributed by atoms with Gasteiger partial charge in [-0.05, 0) is 13.3 Å². The molecule has 1 unspecified atom stereocenters. The third-order valence-electron chi connectivity index (χ3n) is 1.93. The van der Waals surface area contributed by atoms with Crippen LogP contribution in [0.4, 0.5) is 0 Å². The second-order valence-electron chi connectivity index (χ2n) is 3.02. The fourth-order valence-corrected chi connectivity index (χ4v) is 1.38. The zero-order valence-corrected chi connectivity index (χ0v) is 8.27. The summed E-state index contributed by atoms with van der Waals surface area (Å²) >= 11 is 0. The zero-order valence-electron chi connectivity index (χ0n) is 7.38. The lowest BCUT2D eigenvalue weighted by molar-refractivity contribution is -0.141. The van der Waals surface area contributed by atoms with Gasteiger partial charge in [-0.1, -0.05) is 0 Å². The second-order valence-corrected chi connectivity index (χ2v) is 5.09. The molecule has 8 heteroatoms. The number of rotatable bonds is 5.